The molecule has 7 nitrogen and oxygen atoms in total. The van der Waals surface area contributed by atoms with Crippen LogP contribution in [0, 0.1) is 5.21 Å². The van der Waals surface area contributed by atoms with E-state index in [-0.39, 0.29) is 35.9 Å². The van der Waals surface area contributed by atoms with Crippen LogP contribution in [0.25, 0.3) is 0 Å². The van der Waals surface area contributed by atoms with Gasteiger partial charge >= 0.3 is 0 Å². The Morgan fingerprint density at radius 1 is 0.911 bits per heavy atom. The van der Waals surface area contributed by atoms with Crippen LogP contribution in [-0.4, -0.2) is 69.9 Å². The van der Waals surface area contributed by atoms with Crippen LogP contribution in [0.3, 0.4) is 0 Å². The molecule has 0 amide bonds. The number of nitrogens with one attached hydrogen (secondary N) is 1. The standard InChI is InChI=1S/C34H44ClN3O4S.2ClH/c1-25-30-9-5-6-10-33(30)43-34(2,38(25)39)31-23-27(35)11-12-32(31)42-20-8-7-14-36-16-18-37(19-17-36)15-13-26-21-28(40-3)24-29(22-26)41-4;;/h5-6,9-12,21-25,38H,7-8,13-20H2,1-4H3;2*1H. The number of unbranched alkanes of at least 4 members (excludes halogenated alkanes) is 1. The van der Waals surface area contributed by atoms with Crippen molar-refractivity contribution >= 4 is 48.2 Å². The number of hydrogen-bond acceptors (Lipinski definition) is 7. The Balaban J connectivity index is 0.00000276. The first-order chi connectivity index (χ1) is 20.8. The molecule has 1 saturated heterocycles. The third-order valence-electron chi connectivity index (χ3n) is 8.74. The van der Waals surface area contributed by atoms with Crippen LogP contribution >= 0.6 is 48.2 Å². The first-order valence-electron chi connectivity index (χ1n) is 15.2. The average molecular weight is 699 g/mol. The maximum Gasteiger partial charge on any atom is 0.175 e. The summed E-state index contributed by atoms with van der Waals surface area (Å²) in [5.41, 5.74) is 3.19. The molecule has 1 fully saturated rings. The number of hydroxylamine groups is 2. The van der Waals surface area contributed by atoms with Crippen molar-refractivity contribution in [2.75, 3.05) is 60.1 Å². The summed E-state index contributed by atoms with van der Waals surface area (Å²) < 4.78 is 17.2. The number of thioether (sulfide) groups is 1. The summed E-state index contributed by atoms with van der Waals surface area (Å²) in [5, 5.41) is 14.5. The van der Waals surface area contributed by atoms with Crippen molar-refractivity contribution in [3.8, 4) is 17.2 Å². The zero-order chi connectivity index (χ0) is 30.4. The molecule has 0 radical (unpaired) electrons. The van der Waals surface area contributed by atoms with E-state index in [1.54, 1.807) is 26.0 Å². The number of piperazine rings is 1. The van der Waals surface area contributed by atoms with Gasteiger partial charge in [-0.1, -0.05) is 41.6 Å². The summed E-state index contributed by atoms with van der Waals surface area (Å²) >= 11 is 8.05. The van der Waals surface area contributed by atoms with E-state index in [0.717, 1.165) is 91.8 Å². The highest BCUT2D eigenvalue weighted by Crippen LogP contribution is 2.47. The number of hydrogen-bond donors (Lipinski definition) is 1. The highest BCUT2D eigenvalue weighted by molar-refractivity contribution is 8.00. The minimum atomic E-state index is -0.758. The van der Waals surface area contributed by atoms with Gasteiger partial charge in [0.15, 0.2) is 4.87 Å². The minimum absolute atomic E-state index is 0. The highest BCUT2D eigenvalue weighted by atomic mass is 35.5. The van der Waals surface area contributed by atoms with Gasteiger partial charge in [-0.25, -0.2) is 0 Å². The maximum absolute atomic E-state index is 13.7. The van der Waals surface area contributed by atoms with Gasteiger partial charge in [-0.2, -0.15) is 0 Å². The molecule has 0 aromatic heterocycles. The fraction of sp³-hybridized carbons (Fsp3) is 0.471. The largest absolute Gasteiger partial charge is 0.633 e. The van der Waals surface area contributed by atoms with Crippen molar-refractivity contribution in [2.45, 2.75) is 48.9 Å². The molecule has 3 unspecified atom stereocenters. The van der Waals surface area contributed by atoms with Gasteiger partial charge in [0.2, 0.25) is 0 Å². The van der Waals surface area contributed by atoms with Crippen LogP contribution in [0.2, 0.25) is 5.02 Å². The number of halogens is 3. The first-order valence-corrected chi connectivity index (χ1v) is 16.4. The van der Waals surface area contributed by atoms with Gasteiger partial charge in [0.25, 0.3) is 0 Å². The molecule has 248 valence electrons. The molecule has 45 heavy (non-hydrogen) atoms. The molecule has 2 aliphatic heterocycles. The van der Waals surface area contributed by atoms with Crippen LogP contribution in [-0.2, 0) is 11.3 Å². The van der Waals surface area contributed by atoms with Gasteiger partial charge in [-0.3, -0.25) is 0 Å². The lowest BCUT2D eigenvalue weighted by molar-refractivity contribution is -0.923. The third kappa shape index (κ3) is 9.14. The van der Waals surface area contributed by atoms with E-state index >= 15 is 0 Å². The molecule has 1 N–H and O–H groups in total. The zero-order valence-corrected chi connectivity index (χ0v) is 29.8. The predicted molar refractivity (Wildman–Crippen MR) is 189 cm³/mol. The second kappa shape index (κ2) is 17.3. The van der Waals surface area contributed by atoms with Crippen molar-refractivity contribution in [2.24, 2.45) is 0 Å². The van der Waals surface area contributed by atoms with E-state index in [4.69, 9.17) is 25.8 Å². The van der Waals surface area contributed by atoms with Gasteiger partial charge in [-0.05, 0) is 74.7 Å². The van der Waals surface area contributed by atoms with Gasteiger partial charge in [-0.15, -0.1) is 24.8 Å². The maximum atomic E-state index is 13.7. The van der Waals surface area contributed by atoms with Crippen molar-refractivity contribution < 1.29 is 19.3 Å². The van der Waals surface area contributed by atoms with Crippen molar-refractivity contribution in [1.29, 1.82) is 0 Å². The second-order valence-electron chi connectivity index (χ2n) is 11.6. The molecule has 2 aliphatic rings. The van der Waals surface area contributed by atoms with Gasteiger partial charge in [0.05, 0.1) is 26.4 Å². The Labute approximate surface area is 289 Å². The summed E-state index contributed by atoms with van der Waals surface area (Å²) in [6, 6.07) is 19.8. The number of ether oxygens (including phenoxy) is 3. The fourth-order valence-electron chi connectivity index (χ4n) is 6.10. The number of methoxy groups -OCH3 is 2. The lowest BCUT2D eigenvalue weighted by Crippen LogP contribution is -3.14. The van der Waals surface area contributed by atoms with Crippen LogP contribution in [0.1, 0.15) is 49.4 Å². The van der Waals surface area contributed by atoms with Crippen LogP contribution in [0.4, 0.5) is 0 Å². The van der Waals surface area contributed by atoms with Gasteiger partial charge < -0.3 is 34.3 Å². The Bertz CT molecular complexity index is 1360. The highest BCUT2D eigenvalue weighted by Gasteiger charge is 2.45. The van der Waals surface area contributed by atoms with E-state index in [1.807, 2.05) is 50.2 Å². The molecule has 0 saturated carbocycles. The summed E-state index contributed by atoms with van der Waals surface area (Å²) in [4.78, 5) is 5.48. The minimum Gasteiger partial charge on any atom is -0.633 e. The molecule has 0 spiro atoms. The Morgan fingerprint density at radius 2 is 1.56 bits per heavy atom. The van der Waals surface area contributed by atoms with Gasteiger partial charge in [0, 0.05) is 61.2 Å². The lowest BCUT2D eigenvalue weighted by Gasteiger charge is -2.48. The van der Waals surface area contributed by atoms with E-state index in [2.05, 4.69) is 34.1 Å². The number of fused-ring (bicyclic) bond motifs is 1. The summed E-state index contributed by atoms with van der Waals surface area (Å²) in [5.74, 6) is 2.43. The van der Waals surface area contributed by atoms with Crippen molar-refractivity contribution in [3.05, 3.63) is 87.6 Å². The van der Waals surface area contributed by atoms with E-state index in [0.29, 0.717) is 11.6 Å². The van der Waals surface area contributed by atoms with E-state index < -0.39 is 4.87 Å². The molecular formula is C34H46Cl3N3O4S. The monoisotopic (exact) mass is 697 g/mol. The zero-order valence-electron chi connectivity index (χ0n) is 26.6. The summed E-state index contributed by atoms with van der Waals surface area (Å²) in [7, 11) is 3.38. The van der Waals surface area contributed by atoms with Crippen LogP contribution in [0.15, 0.2) is 65.6 Å². The first kappa shape index (κ1) is 37.6. The lowest BCUT2D eigenvalue weighted by atomic mass is 10.0. The molecule has 0 bridgehead atoms. The SMILES string of the molecule is COc1cc(CCN2CCN(CCCCOc3ccc(Cl)cc3C3(C)Sc4ccccc4C(C)[NH+]3[O-])CC2)cc(OC)c1.Cl.Cl. The molecule has 3 aromatic carbocycles. The average Bonchev–Trinajstić information content (AvgIpc) is 3.03. The number of nitrogens with zero attached hydrogens (tertiary/aromatic N) is 2. The number of rotatable bonds is 12. The van der Waals surface area contributed by atoms with Crippen LogP contribution < -0.4 is 19.3 Å². The summed E-state index contributed by atoms with van der Waals surface area (Å²) in [6.45, 7) is 11.1. The number of quaternary nitrogens is 1. The van der Waals surface area contributed by atoms with E-state index in [1.165, 1.54) is 5.56 Å². The summed E-state index contributed by atoms with van der Waals surface area (Å²) in [6.07, 6.45) is 3.00. The molecule has 2 heterocycles. The molecule has 3 aromatic rings. The fourth-order valence-corrected chi connectivity index (χ4v) is 7.77. The van der Waals surface area contributed by atoms with Crippen LogP contribution in [0.5, 0.6) is 17.2 Å². The molecule has 5 rings (SSSR count). The van der Waals surface area contributed by atoms with Crippen molar-refractivity contribution in [3.63, 3.8) is 0 Å². The van der Waals surface area contributed by atoms with Crippen molar-refractivity contribution in [1.82, 2.24) is 9.80 Å². The predicted octanol–water partition coefficient (Wildman–Crippen LogP) is 6.64. The quantitative estimate of drug-likeness (QED) is 0.168. The molecule has 11 heteroatoms. The second-order valence-corrected chi connectivity index (χ2v) is 13.5. The Morgan fingerprint density at radius 3 is 2.22 bits per heavy atom. The van der Waals surface area contributed by atoms with Gasteiger partial charge in [0.1, 0.15) is 23.3 Å². The molecule has 3 atom stereocenters. The topological polar surface area (TPSA) is 61.7 Å². The normalized spacial score (nSPS) is 21.6. The molecule has 0 aliphatic carbocycles. The Hall–Kier alpha value is -1.88. The Kier molecular flexibility index (Phi) is 14.5. The van der Waals surface area contributed by atoms with E-state index in [9.17, 15) is 5.21 Å². The third-order valence-corrected chi connectivity index (χ3v) is 10.4. The number of benzene rings is 3. The smallest absolute Gasteiger partial charge is 0.175 e. The molecular weight excluding hydrogens is 653 g/mol.